The standard InChI is InChI=1S/C21H23NO5.3CO.Fe/c1-25-15-7-10-21(11-8-15,20-26-13-14-27-20)9-4-12-22-18(23)16-5-2-3-6-17(16)19(22)24;3*1-2;/h2-3,5-8,10,20H,4,9,11-14H2,1H3;;;;. The Labute approximate surface area is 210 Å². The van der Waals surface area contributed by atoms with E-state index in [0.29, 0.717) is 37.3 Å². The molecule has 1 unspecified atom stereocenters. The number of imide groups is 1. The summed E-state index contributed by atoms with van der Waals surface area (Å²) in [6.45, 7) is 15.1. The SMILES string of the molecule is CO[C]1[CH][CH]C(CCCN2C(=O)c3ccccc3C2=O)(C2OCCO2)C[CH]1.[C-]#[O+].[C-]#[O+].[C-]#[O+].[Fe]. The van der Waals surface area contributed by atoms with Gasteiger partial charge in [0.1, 0.15) is 6.10 Å². The maximum absolute atomic E-state index is 12.5. The molecule has 34 heavy (non-hydrogen) atoms. The molecule has 3 aliphatic rings. The van der Waals surface area contributed by atoms with E-state index in [4.69, 9.17) is 28.2 Å². The summed E-state index contributed by atoms with van der Waals surface area (Å²) in [4.78, 5) is 26.4. The maximum atomic E-state index is 12.5. The van der Waals surface area contributed by atoms with E-state index in [1.807, 2.05) is 12.8 Å². The topological polar surface area (TPSA) is 125 Å². The molecule has 1 aliphatic carbocycles. The van der Waals surface area contributed by atoms with E-state index >= 15 is 0 Å². The fraction of sp³-hybridized carbons (Fsp3) is 0.375. The molecule has 180 valence electrons. The summed E-state index contributed by atoms with van der Waals surface area (Å²) in [7, 11) is 1.65. The van der Waals surface area contributed by atoms with Crippen LogP contribution in [0.5, 0.6) is 0 Å². The second-order valence-corrected chi connectivity index (χ2v) is 7.07. The molecule has 1 saturated carbocycles. The van der Waals surface area contributed by atoms with Gasteiger partial charge in [-0.1, -0.05) is 12.1 Å². The number of carbonyl (C=O) groups excluding carboxylic acids is 2. The Morgan fingerprint density at radius 2 is 1.56 bits per heavy atom. The Morgan fingerprint density at radius 1 is 1.03 bits per heavy atom. The molecule has 2 fully saturated rings. The molecular weight excluding hydrogens is 486 g/mol. The van der Waals surface area contributed by atoms with Crippen LogP contribution in [0.4, 0.5) is 0 Å². The van der Waals surface area contributed by atoms with Crippen LogP contribution in [0.1, 0.15) is 40.0 Å². The largest absolute Gasteiger partial charge is 0 e. The van der Waals surface area contributed by atoms with E-state index in [-0.39, 0.29) is 40.6 Å². The van der Waals surface area contributed by atoms with Crippen molar-refractivity contribution in [3.8, 4) is 0 Å². The van der Waals surface area contributed by atoms with Crippen molar-refractivity contribution in [2.24, 2.45) is 5.41 Å². The van der Waals surface area contributed by atoms with E-state index in [1.165, 1.54) is 4.90 Å². The van der Waals surface area contributed by atoms with Crippen LogP contribution in [0, 0.1) is 50.7 Å². The number of methoxy groups -OCH3 is 1. The third kappa shape index (κ3) is 7.24. The number of carbonyl (C=O) groups is 2. The average Bonchev–Trinajstić information content (AvgIpc) is 3.53. The van der Waals surface area contributed by atoms with Gasteiger partial charge in [-0.25, -0.2) is 0 Å². The monoisotopic (exact) mass is 509 g/mol. The minimum atomic E-state index is -0.314. The Morgan fingerprint density at radius 3 is 2.00 bits per heavy atom. The molecular formula is C24H23FeNO8. The van der Waals surface area contributed by atoms with Crippen LogP contribution in [0.2, 0.25) is 0 Å². The first-order valence-electron chi connectivity index (χ1n) is 9.88. The molecule has 1 aromatic rings. The maximum Gasteiger partial charge on any atom is 0 e. The molecule has 0 bridgehead atoms. The zero-order chi connectivity index (χ0) is 24.9. The molecule has 1 saturated heterocycles. The Kier molecular flexibility index (Phi) is 15.6. The number of hydrogen-bond donors (Lipinski definition) is 0. The summed E-state index contributed by atoms with van der Waals surface area (Å²) in [6.07, 6.45) is 8.73. The molecule has 4 rings (SSSR count). The van der Waals surface area contributed by atoms with Gasteiger partial charge in [0, 0.05) is 42.6 Å². The number of benzene rings is 1. The van der Waals surface area contributed by atoms with Crippen LogP contribution in [0.3, 0.4) is 0 Å². The molecule has 10 heteroatoms. The van der Waals surface area contributed by atoms with E-state index < -0.39 is 0 Å². The van der Waals surface area contributed by atoms with Crippen molar-refractivity contribution >= 4 is 11.8 Å². The average molecular weight is 509 g/mol. The minimum Gasteiger partial charge on any atom is 0 e. The molecule has 0 N–H and O–H groups in total. The van der Waals surface area contributed by atoms with Gasteiger partial charge in [-0.05, 0) is 44.2 Å². The molecule has 1 aromatic carbocycles. The number of ether oxygens (including phenoxy) is 3. The summed E-state index contributed by atoms with van der Waals surface area (Å²) in [5, 5.41) is 0. The molecule has 2 amide bonds. The first kappa shape index (κ1) is 32.0. The van der Waals surface area contributed by atoms with Crippen molar-refractivity contribution in [2.45, 2.75) is 25.6 Å². The Bertz CT molecular complexity index is 790. The number of amides is 2. The van der Waals surface area contributed by atoms with Crippen LogP contribution in [-0.2, 0) is 45.2 Å². The van der Waals surface area contributed by atoms with Gasteiger partial charge in [0.05, 0.1) is 24.3 Å². The van der Waals surface area contributed by atoms with Crippen LogP contribution in [-0.4, -0.2) is 49.9 Å². The fourth-order valence-corrected chi connectivity index (χ4v) is 4.00. The zero-order valence-electron chi connectivity index (χ0n) is 18.4. The first-order valence-corrected chi connectivity index (χ1v) is 9.88. The third-order valence-corrected chi connectivity index (χ3v) is 5.49. The molecule has 1 atom stereocenters. The van der Waals surface area contributed by atoms with Gasteiger partial charge in [0.15, 0.2) is 6.29 Å². The first-order chi connectivity index (χ1) is 16.1. The van der Waals surface area contributed by atoms with E-state index in [1.54, 1.807) is 31.4 Å². The van der Waals surface area contributed by atoms with E-state index in [0.717, 1.165) is 18.9 Å². The van der Waals surface area contributed by atoms with Crippen LogP contribution < -0.4 is 0 Å². The zero-order valence-corrected chi connectivity index (χ0v) is 19.5. The number of fused-ring (bicyclic) bond motifs is 1. The summed E-state index contributed by atoms with van der Waals surface area (Å²) < 4.78 is 39.4. The summed E-state index contributed by atoms with van der Waals surface area (Å²) in [5.74, 6) is -0.419. The summed E-state index contributed by atoms with van der Waals surface area (Å²) >= 11 is 0. The molecule has 2 aliphatic heterocycles. The van der Waals surface area contributed by atoms with Crippen LogP contribution in [0.25, 0.3) is 0 Å². The van der Waals surface area contributed by atoms with E-state index in [9.17, 15) is 9.59 Å². The number of hydrogen-bond acceptors (Lipinski definition) is 5. The van der Waals surface area contributed by atoms with Gasteiger partial charge in [0.2, 0.25) is 0 Å². The third-order valence-electron chi connectivity index (χ3n) is 5.49. The van der Waals surface area contributed by atoms with Crippen molar-refractivity contribution in [1.29, 1.82) is 0 Å². The predicted molar refractivity (Wildman–Crippen MR) is 109 cm³/mol. The Balaban J connectivity index is 0.00000145. The minimum absolute atomic E-state index is 0. The van der Waals surface area contributed by atoms with Crippen molar-refractivity contribution in [3.63, 3.8) is 0 Å². The molecule has 0 spiro atoms. The van der Waals surface area contributed by atoms with Crippen LogP contribution in [0.15, 0.2) is 24.3 Å². The molecule has 2 heterocycles. The van der Waals surface area contributed by atoms with Gasteiger partial charge in [-0.2, -0.15) is 0 Å². The second kappa shape index (κ2) is 16.6. The van der Waals surface area contributed by atoms with Gasteiger partial charge < -0.3 is 14.2 Å². The summed E-state index contributed by atoms with van der Waals surface area (Å²) in [6, 6.07) is 6.98. The van der Waals surface area contributed by atoms with Gasteiger partial charge >= 0.3 is 33.9 Å². The number of rotatable bonds is 6. The quantitative estimate of drug-likeness (QED) is 0.252. The summed E-state index contributed by atoms with van der Waals surface area (Å²) in [5.41, 5.74) is 0.673. The normalized spacial score (nSPS) is 18.6. The van der Waals surface area contributed by atoms with Gasteiger partial charge in [0.25, 0.3) is 11.8 Å². The van der Waals surface area contributed by atoms with Gasteiger partial charge in [-0.3, -0.25) is 14.5 Å². The number of nitrogens with zero attached hydrogens (tertiary/aromatic N) is 1. The van der Waals surface area contributed by atoms with Crippen molar-refractivity contribution in [2.75, 3.05) is 26.9 Å². The fourth-order valence-electron chi connectivity index (χ4n) is 4.00. The second-order valence-electron chi connectivity index (χ2n) is 7.07. The van der Waals surface area contributed by atoms with E-state index in [2.05, 4.69) is 26.4 Å². The molecule has 0 aromatic heterocycles. The van der Waals surface area contributed by atoms with Crippen molar-refractivity contribution in [3.05, 3.63) is 80.7 Å². The van der Waals surface area contributed by atoms with Gasteiger partial charge in [-0.15, -0.1) is 0 Å². The predicted octanol–water partition coefficient (Wildman–Crippen LogP) is 2.50. The molecule has 9 nitrogen and oxygen atoms in total. The Hall–Kier alpha value is -2.02. The molecule has 4 radical (unpaired) electrons. The van der Waals surface area contributed by atoms with Crippen LogP contribution >= 0.6 is 0 Å². The smallest absolute Gasteiger partial charge is 0 e. The van der Waals surface area contributed by atoms with Crippen molar-refractivity contribution < 1.29 is 54.8 Å². The van der Waals surface area contributed by atoms with Crippen molar-refractivity contribution in [1.82, 2.24) is 4.90 Å².